The monoisotopic (exact) mass is 255 g/mol. The number of nitriles is 1. The van der Waals surface area contributed by atoms with Crippen molar-refractivity contribution in [2.45, 2.75) is 6.18 Å². The number of aromatic hydroxyl groups is 1. The van der Waals surface area contributed by atoms with Gasteiger partial charge in [-0.05, 0) is 12.1 Å². The van der Waals surface area contributed by atoms with E-state index in [1.807, 2.05) is 0 Å². The molecule has 0 atom stereocenters. The number of hydrogen-bond donors (Lipinski definition) is 1. The van der Waals surface area contributed by atoms with Crippen molar-refractivity contribution >= 4 is 11.0 Å². The lowest BCUT2D eigenvalue weighted by Crippen LogP contribution is -2.16. The average Bonchev–Trinajstić information content (AvgIpc) is 2.27. The fourth-order valence-electron chi connectivity index (χ4n) is 1.48. The van der Waals surface area contributed by atoms with Gasteiger partial charge >= 0.3 is 6.18 Å². The first-order chi connectivity index (χ1) is 8.34. The van der Waals surface area contributed by atoms with Crippen LogP contribution in [0.25, 0.3) is 11.0 Å². The Hall–Kier alpha value is -2.49. The summed E-state index contributed by atoms with van der Waals surface area (Å²) >= 11 is 0. The van der Waals surface area contributed by atoms with Crippen molar-refractivity contribution in [1.82, 2.24) is 0 Å². The van der Waals surface area contributed by atoms with E-state index in [-0.39, 0.29) is 11.1 Å². The minimum absolute atomic E-state index is 0.197. The van der Waals surface area contributed by atoms with Gasteiger partial charge in [0, 0.05) is 6.07 Å². The first-order valence-corrected chi connectivity index (χ1v) is 4.61. The summed E-state index contributed by atoms with van der Waals surface area (Å²) in [6.45, 7) is 0. The highest BCUT2D eigenvalue weighted by Crippen LogP contribution is 2.33. The summed E-state index contributed by atoms with van der Waals surface area (Å²) in [5.74, 6) is -2.00. The number of phenolic OH excluding ortho intramolecular Hbond substituents is 1. The number of hydrogen-bond acceptors (Lipinski definition) is 4. The van der Waals surface area contributed by atoms with Crippen molar-refractivity contribution < 1.29 is 22.7 Å². The van der Waals surface area contributed by atoms with E-state index in [2.05, 4.69) is 4.42 Å². The molecule has 0 spiro atoms. The Labute approximate surface area is 97.5 Å². The summed E-state index contributed by atoms with van der Waals surface area (Å²) in [6, 6.07) is 4.28. The molecule has 0 saturated carbocycles. The first kappa shape index (κ1) is 12.0. The van der Waals surface area contributed by atoms with Crippen LogP contribution in [0.5, 0.6) is 5.75 Å². The van der Waals surface area contributed by atoms with E-state index in [0.717, 1.165) is 18.2 Å². The number of alkyl halides is 3. The zero-order chi connectivity index (χ0) is 13.5. The maximum atomic E-state index is 12.6. The van der Waals surface area contributed by atoms with Crippen LogP contribution in [0.15, 0.2) is 27.4 Å². The van der Waals surface area contributed by atoms with Crippen molar-refractivity contribution in [3.8, 4) is 11.8 Å². The second kappa shape index (κ2) is 3.77. The van der Waals surface area contributed by atoms with Crippen LogP contribution in [0.3, 0.4) is 0 Å². The second-order valence-corrected chi connectivity index (χ2v) is 3.43. The molecule has 92 valence electrons. The molecule has 0 fully saturated rings. The van der Waals surface area contributed by atoms with Crippen molar-refractivity contribution in [2.24, 2.45) is 0 Å². The van der Waals surface area contributed by atoms with E-state index in [4.69, 9.17) is 10.4 Å². The maximum absolute atomic E-state index is 12.6. The molecule has 0 bridgehead atoms. The van der Waals surface area contributed by atoms with Gasteiger partial charge < -0.3 is 9.52 Å². The van der Waals surface area contributed by atoms with Gasteiger partial charge in [0.1, 0.15) is 23.0 Å². The van der Waals surface area contributed by atoms with Gasteiger partial charge in [-0.25, -0.2) is 0 Å². The van der Waals surface area contributed by atoms with Crippen LogP contribution in [-0.4, -0.2) is 5.11 Å². The van der Waals surface area contributed by atoms with Crippen LogP contribution < -0.4 is 5.43 Å². The lowest BCUT2D eigenvalue weighted by atomic mass is 10.1. The van der Waals surface area contributed by atoms with Crippen molar-refractivity contribution in [1.29, 1.82) is 5.26 Å². The first-order valence-electron chi connectivity index (χ1n) is 4.61. The Balaban J connectivity index is 2.97. The highest BCUT2D eigenvalue weighted by atomic mass is 19.4. The Bertz CT molecular complexity index is 725. The van der Waals surface area contributed by atoms with E-state index < -0.39 is 28.5 Å². The van der Waals surface area contributed by atoms with Crippen LogP contribution in [0, 0.1) is 11.3 Å². The molecule has 0 aliphatic carbocycles. The lowest BCUT2D eigenvalue weighted by molar-refractivity contribution is -0.153. The molecular weight excluding hydrogens is 251 g/mol. The molecule has 2 aromatic rings. The molecule has 0 aliphatic rings. The summed E-state index contributed by atoms with van der Waals surface area (Å²) < 4.78 is 42.3. The topological polar surface area (TPSA) is 74.2 Å². The highest BCUT2D eigenvalue weighted by Gasteiger charge is 2.39. The van der Waals surface area contributed by atoms with Gasteiger partial charge in [-0.1, -0.05) is 0 Å². The third-order valence-electron chi connectivity index (χ3n) is 2.25. The predicted octanol–water partition coefficient (Wildman–Crippen LogP) is 2.39. The molecule has 1 aromatic heterocycles. The van der Waals surface area contributed by atoms with Gasteiger partial charge in [0.05, 0.1) is 5.39 Å². The Morgan fingerprint density at radius 2 is 2.00 bits per heavy atom. The third-order valence-corrected chi connectivity index (χ3v) is 2.25. The average molecular weight is 255 g/mol. The molecule has 2 rings (SSSR count). The smallest absolute Gasteiger partial charge is 0.451 e. The van der Waals surface area contributed by atoms with Crippen LogP contribution in [0.2, 0.25) is 0 Å². The highest BCUT2D eigenvalue weighted by molar-refractivity contribution is 5.79. The number of phenols is 1. The lowest BCUT2D eigenvalue weighted by Gasteiger charge is -2.08. The van der Waals surface area contributed by atoms with Crippen LogP contribution in [-0.2, 0) is 6.18 Å². The molecule has 1 N–H and O–H groups in total. The summed E-state index contributed by atoms with van der Waals surface area (Å²) in [4.78, 5) is 11.7. The van der Waals surface area contributed by atoms with E-state index in [1.54, 1.807) is 0 Å². The molecule has 0 aliphatic heterocycles. The summed E-state index contributed by atoms with van der Waals surface area (Å²) in [5.41, 5.74) is -2.60. The number of halogens is 3. The standard InChI is InChI=1S/C11H4F3NO3/c12-11(13,14)10-7(4-15)9(17)6-2-1-5(16)3-8(6)18-10/h1-3,16H. The molecule has 4 nitrogen and oxygen atoms in total. The molecule has 0 unspecified atom stereocenters. The van der Waals surface area contributed by atoms with Crippen molar-refractivity contribution in [2.75, 3.05) is 0 Å². The van der Waals surface area contributed by atoms with Gasteiger partial charge in [-0.15, -0.1) is 0 Å². The maximum Gasteiger partial charge on any atom is 0.451 e. The van der Waals surface area contributed by atoms with E-state index in [1.165, 1.54) is 6.07 Å². The fraction of sp³-hybridized carbons (Fsp3) is 0.0909. The van der Waals surface area contributed by atoms with E-state index >= 15 is 0 Å². The third kappa shape index (κ3) is 1.78. The summed E-state index contributed by atoms with van der Waals surface area (Å²) in [7, 11) is 0. The van der Waals surface area contributed by atoms with Crippen molar-refractivity contribution in [3.05, 3.63) is 39.7 Å². The second-order valence-electron chi connectivity index (χ2n) is 3.43. The zero-order valence-corrected chi connectivity index (χ0v) is 8.58. The van der Waals surface area contributed by atoms with E-state index in [0.29, 0.717) is 0 Å². The van der Waals surface area contributed by atoms with Crippen LogP contribution in [0.4, 0.5) is 13.2 Å². The predicted molar refractivity (Wildman–Crippen MR) is 53.9 cm³/mol. The van der Waals surface area contributed by atoms with Gasteiger partial charge in [-0.2, -0.15) is 18.4 Å². The van der Waals surface area contributed by atoms with Gasteiger partial charge in [-0.3, -0.25) is 4.79 Å². The normalized spacial score (nSPS) is 11.4. The van der Waals surface area contributed by atoms with Crippen LogP contribution >= 0.6 is 0 Å². The van der Waals surface area contributed by atoms with Gasteiger partial charge in [0.15, 0.2) is 0 Å². The minimum atomic E-state index is -4.95. The Morgan fingerprint density at radius 3 is 2.56 bits per heavy atom. The number of fused-ring (bicyclic) bond motifs is 1. The number of nitrogens with zero attached hydrogens (tertiary/aromatic N) is 1. The van der Waals surface area contributed by atoms with Crippen LogP contribution in [0.1, 0.15) is 11.3 Å². The number of benzene rings is 1. The summed E-state index contributed by atoms with van der Waals surface area (Å²) in [6.07, 6.45) is -4.95. The molecule has 18 heavy (non-hydrogen) atoms. The molecular formula is C11H4F3NO3. The van der Waals surface area contributed by atoms with Crippen molar-refractivity contribution in [3.63, 3.8) is 0 Å². The molecule has 7 heteroatoms. The minimum Gasteiger partial charge on any atom is -0.508 e. The quantitative estimate of drug-likeness (QED) is 0.784. The number of rotatable bonds is 0. The summed E-state index contributed by atoms with van der Waals surface area (Å²) in [5, 5.41) is 17.6. The molecule has 0 radical (unpaired) electrons. The van der Waals surface area contributed by atoms with E-state index in [9.17, 15) is 18.0 Å². The largest absolute Gasteiger partial charge is 0.508 e. The molecule has 1 heterocycles. The fourth-order valence-corrected chi connectivity index (χ4v) is 1.48. The Kier molecular flexibility index (Phi) is 2.51. The Morgan fingerprint density at radius 1 is 1.33 bits per heavy atom. The zero-order valence-electron chi connectivity index (χ0n) is 8.58. The molecule has 1 aromatic carbocycles. The van der Waals surface area contributed by atoms with Gasteiger partial charge in [0.25, 0.3) is 0 Å². The molecule has 0 amide bonds. The molecule has 0 saturated heterocycles. The SMILES string of the molecule is N#Cc1c(C(F)(F)F)oc2cc(O)ccc2c1=O. The van der Waals surface area contributed by atoms with Gasteiger partial charge in [0.2, 0.25) is 11.2 Å².